The summed E-state index contributed by atoms with van der Waals surface area (Å²) in [7, 11) is 0. The Kier molecular flexibility index (Phi) is 5.11. The van der Waals surface area contributed by atoms with Gasteiger partial charge in [-0.1, -0.05) is 6.08 Å². The average molecular weight is 102 g/mol. The second-order valence-corrected chi connectivity index (χ2v) is 1.06. The third-order valence-corrected chi connectivity index (χ3v) is 0.441. The van der Waals surface area contributed by atoms with Gasteiger partial charge in [0.1, 0.15) is 6.61 Å². The zero-order valence-electron chi connectivity index (χ0n) is 4.42. The molecule has 0 aromatic carbocycles. The molecule has 0 aliphatic rings. The van der Waals surface area contributed by atoms with Gasteiger partial charge in [0.25, 0.3) is 0 Å². The molecular weight excluding hydrogens is 92.1 g/mol. The Labute approximate surface area is 43.4 Å². The Hall–Kier alpha value is -0.500. The fourth-order valence-corrected chi connectivity index (χ4v) is 0.217. The van der Waals surface area contributed by atoms with Crippen LogP contribution in [0.25, 0.3) is 0 Å². The van der Waals surface area contributed by atoms with Crippen LogP contribution in [-0.4, -0.2) is 18.3 Å². The Morgan fingerprint density at radius 2 is 2.43 bits per heavy atom. The van der Waals surface area contributed by atoms with Crippen molar-refractivity contribution in [2.75, 3.05) is 13.2 Å². The minimum absolute atomic E-state index is 0.0876. The standard InChI is InChI=1S/C5H10O2/c1-2-4-7-5-3-6/h2,4,6H,3,5H2,1H3. The topological polar surface area (TPSA) is 29.5 Å². The van der Waals surface area contributed by atoms with Gasteiger partial charge in [-0.05, 0) is 6.92 Å². The van der Waals surface area contributed by atoms with Crippen LogP contribution < -0.4 is 0 Å². The molecule has 0 rings (SSSR count). The van der Waals surface area contributed by atoms with E-state index in [1.54, 1.807) is 12.3 Å². The van der Waals surface area contributed by atoms with Crippen LogP contribution in [0.5, 0.6) is 0 Å². The number of allylic oxidation sites excluding steroid dienone is 1. The second kappa shape index (κ2) is 5.50. The molecule has 2 nitrogen and oxygen atoms in total. The summed E-state index contributed by atoms with van der Waals surface area (Å²) in [5.74, 6) is 0. The zero-order chi connectivity index (χ0) is 5.54. The van der Waals surface area contributed by atoms with Crippen LogP contribution in [0, 0.1) is 0 Å². The first-order chi connectivity index (χ1) is 3.41. The van der Waals surface area contributed by atoms with E-state index in [9.17, 15) is 0 Å². The third kappa shape index (κ3) is 5.50. The molecule has 0 aromatic heterocycles. The fraction of sp³-hybridized carbons (Fsp3) is 0.600. The molecule has 1 N–H and O–H groups in total. The van der Waals surface area contributed by atoms with Crippen LogP contribution in [0.3, 0.4) is 0 Å². The largest absolute Gasteiger partial charge is 0.499 e. The number of hydrogen-bond acceptors (Lipinski definition) is 2. The molecule has 0 unspecified atom stereocenters. The molecule has 0 aliphatic carbocycles. The molecule has 0 spiro atoms. The van der Waals surface area contributed by atoms with Gasteiger partial charge in [-0.3, -0.25) is 0 Å². The average Bonchev–Trinajstić information content (AvgIpc) is 1.69. The summed E-state index contributed by atoms with van der Waals surface area (Å²) in [5.41, 5.74) is 0. The normalized spacial score (nSPS) is 10.0. The minimum atomic E-state index is 0.0876. The van der Waals surface area contributed by atoms with E-state index in [1.165, 1.54) is 0 Å². The van der Waals surface area contributed by atoms with Crippen LogP contribution >= 0.6 is 0 Å². The van der Waals surface area contributed by atoms with Crippen molar-refractivity contribution in [3.05, 3.63) is 12.3 Å². The molecule has 0 aliphatic heterocycles. The Bertz CT molecular complexity index is 50.0. The van der Waals surface area contributed by atoms with Gasteiger partial charge >= 0.3 is 0 Å². The molecule has 42 valence electrons. The van der Waals surface area contributed by atoms with E-state index in [4.69, 9.17) is 9.84 Å². The van der Waals surface area contributed by atoms with Gasteiger partial charge in [0.05, 0.1) is 12.9 Å². The number of aliphatic hydroxyl groups excluding tert-OH is 1. The summed E-state index contributed by atoms with van der Waals surface area (Å²) < 4.78 is 4.70. The summed E-state index contributed by atoms with van der Waals surface area (Å²) in [4.78, 5) is 0. The lowest BCUT2D eigenvalue weighted by molar-refractivity contribution is 0.166. The highest BCUT2D eigenvalue weighted by molar-refractivity contribution is 4.64. The zero-order valence-corrected chi connectivity index (χ0v) is 4.42. The molecule has 0 saturated carbocycles. The van der Waals surface area contributed by atoms with Crippen molar-refractivity contribution in [2.45, 2.75) is 6.92 Å². The molecule has 0 bridgehead atoms. The monoisotopic (exact) mass is 102 g/mol. The number of rotatable bonds is 3. The van der Waals surface area contributed by atoms with Crippen molar-refractivity contribution in [3.63, 3.8) is 0 Å². The first kappa shape index (κ1) is 6.50. The SMILES string of the molecule is CC=COCCO. The highest BCUT2D eigenvalue weighted by atomic mass is 16.5. The molecule has 0 amide bonds. The van der Waals surface area contributed by atoms with E-state index >= 15 is 0 Å². The Balaban J connectivity index is 2.69. The van der Waals surface area contributed by atoms with E-state index in [-0.39, 0.29) is 6.61 Å². The minimum Gasteiger partial charge on any atom is -0.499 e. The maximum Gasteiger partial charge on any atom is 0.110 e. The Morgan fingerprint density at radius 1 is 1.71 bits per heavy atom. The lowest BCUT2D eigenvalue weighted by Crippen LogP contribution is -1.91. The molecule has 2 heteroatoms. The summed E-state index contributed by atoms with van der Waals surface area (Å²) in [6.45, 7) is 2.34. The van der Waals surface area contributed by atoms with Crippen molar-refractivity contribution in [3.8, 4) is 0 Å². The fourth-order valence-electron chi connectivity index (χ4n) is 0.217. The molecule has 7 heavy (non-hydrogen) atoms. The van der Waals surface area contributed by atoms with Crippen LogP contribution in [0.15, 0.2) is 12.3 Å². The predicted molar refractivity (Wildman–Crippen MR) is 27.9 cm³/mol. The smallest absolute Gasteiger partial charge is 0.110 e. The quantitative estimate of drug-likeness (QED) is 0.416. The van der Waals surface area contributed by atoms with E-state index < -0.39 is 0 Å². The summed E-state index contributed by atoms with van der Waals surface area (Å²) in [5, 5.41) is 8.13. The van der Waals surface area contributed by atoms with Crippen LogP contribution in [0.1, 0.15) is 6.92 Å². The first-order valence-corrected chi connectivity index (χ1v) is 2.25. The van der Waals surface area contributed by atoms with E-state index in [2.05, 4.69) is 0 Å². The molecule has 0 atom stereocenters. The molecule has 0 heterocycles. The first-order valence-electron chi connectivity index (χ1n) is 2.25. The highest BCUT2D eigenvalue weighted by Gasteiger charge is 1.71. The van der Waals surface area contributed by atoms with Crippen molar-refractivity contribution in [1.29, 1.82) is 0 Å². The van der Waals surface area contributed by atoms with Crippen molar-refractivity contribution in [1.82, 2.24) is 0 Å². The summed E-state index contributed by atoms with van der Waals surface area (Å²) in [6.07, 6.45) is 3.33. The number of hydrogen-bond donors (Lipinski definition) is 1. The summed E-state index contributed by atoms with van der Waals surface area (Å²) in [6, 6.07) is 0. The van der Waals surface area contributed by atoms with Gasteiger partial charge in [0, 0.05) is 0 Å². The van der Waals surface area contributed by atoms with E-state index in [0.717, 1.165) is 0 Å². The van der Waals surface area contributed by atoms with E-state index in [0.29, 0.717) is 6.61 Å². The van der Waals surface area contributed by atoms with Crippen LogP contribution in [0.2, 0.25) is 0 Å². The van der Waals surface area contributed by atoms with Crippen LogP contribution in [0.4, 0.5) is 0 Å². The van der Waals surface area contributed by atoms with Gasteiger partial charge in [0.2, 0.25) is 0 Å². The van der Waals surface area contributed by atoms with Gasteiger partial charge in [0.15, 0.2) is 0 Å². The maximum absolute atomic E-state index is 8.13. The van der Waals surface area contributed by atoms with Crippen molar-refractivity contribution >= 4 is 0 Å². The third-order valence-electron chi connectivity index (χ3n) is 0.441. The lowest BCUT2D eigenvalue weighted by Gasteiger charge is -1.91. The van der Waals surface area contributed by atoms with Gasteiger partial charge < -0.3 is 9.84 Å². The molecule has 0 radical (unpaired) electrons. The van der Waals surface area contributed by atoms with Gasteiger partial charge in [-0.15, -0.1) is 0 Å². The Morgan fingerprint density at radius 3 is 2.86 bits per heavy atom. The molecule has 0 aromatic rings. The van der Waals surface area contributed by atoms with Crippen LogP contribution in [-0.2, 0) is 4.74 Å². The highest BCUT2D eigenvalue weighted by Crippen LogP contribution is 1.72. The second-order valence-electron chi connectivity index (χ2n) is 1.06. The van der Waals surface area contributed by atoms with Crippen molar-refractivity contribution < 1.29 is 9.84 Å². The van der Waals surface area contributed by atoms with E-state index in [1.807, 2.05) is 6.92 Å². The van der Waals surface area contributed by atoms with Gasteiger partial charge in [-0.25, -0.2) is 0 Å². The summed E-state index contributed by atoms with van der Waals surface area (Å²) >= 11 is 0. The predicted octanol–water partition coefficient (Wildman–Crippen LogP) is 0.529. The molecule has 0 fully saturated rings. The van der Waals surface area contributed by atoms with Gasteiger partial charge in [-0.2, -0.15) is 0 Å². The maximum atomic E-state index is 8.13. The number of ether oxygens (including phenoxy) is 1. The molecule has 0 saturated heterocycles. The lowest BCUT2D eigenvalue weighted by atomic mass is 10.7. The number of aliphatic hydroxyl groups is 1. The molecular formula is C5H10O2. The van der Waals surface area contributed by atoms with Crippen molar-refractivity contribution in [2.24, 2.45) is 0 Å².